The number of primary amides is 1. The van der Waals surface area contributed by atoms with Crippen molar-refractivity contribution in [2.75, 3.05) is 50.9 Å². The van der Waals surface area contributed by atoms with Crippen LogP contribution in [0.5, 0.6) is 5.88 Å². The average Bonchev–Trinajstić information content (AvgIpc) is 2.96. The molecule has 14 heteroatoms. The number of amides is 3. The van der Waals surface area contributed by atoms with E-state index in [1.165, 1.54) is 11.0 Å². The van der Waals surface area contributed by atoms with Gasteiger partial charge in [0, 0.05) is 56.3 Å². The number of pyridine rings is 1. The minimum atomic E-state index is -1.00. The molecule has 3 amide bonds. The Morgan fingerprint density at radius 1 is 0.978 bits per heavy atom. The van der Waals surface area contributed by atoms with Crippen molar-refractivity contribution in [2.24, 2.45) is 5.73 Å². The average molecular weight is 631 g/mol. The monoisotopic (exact) mass is 630 g/mol. The molecule has 5 rings (SSSR count). The number of carbonyl (C=O) groups is 3. The predicted octanol–water partition coefficient (Wildman–Crippen LogP) is 2.33. The van der Waals surface area contributed by atoms with Gasteiger partial charge in [-0.15, -0.1) is 0 Å². The largest absolute Gasteiger partial charge is 0.474 e. The van der Waals surface area contributed by atoms with Gasteiger partial charge in [0.1, 0.15) is 29.6 Å². The van der Waals surface area contributed by atoms with E-state index in [1.807, 2.05) is 18.7 Å². The van der Waals surface area contributed by atoms with E-state index in [2.05, 4.69) is 23.7 Å². The molecule has 5 atom stereocenters. The molecule has 0 aliphatic carbocycles. The second-order valence-corrected chi connectivity index (χ2v) is 12.3. The fraction of sp³-hybridized carbons (Fsp3) is 0.548. The summed E-state index contributed by atoms with van der Waals surface area (Å²) >= 11 is 0. The van der Waals surface area contributed by atoms with Crippen LogP contribution >= 0.6 is 0 Å². The van der Waals surface area contributed by atoms with Crippen molar-refractivity contribution >= 4 is 23.6 Å². The lowest BCUT2D eigenvalue weighted by Gasteiger charge is -2.48. The number of carbonyl (C=O) groups excluding carboxylic acids is 2. The van der Waals surface area contributed by atoms with Crippen LogP contribution in [0.4, 0.5) is 19.3 Å². The minimum absolute atomic E-state index is 0.00115. The van der Waals surface area contributed by atoms with E-state index >= 15 is 0 Å². The maximum Gasteiger partial charge on any atom is 0.407 e. The maximum absolute atomic E-state index is 14.6. The fourth-order valence-electron chi connectivity index (χ4n) is 6.55. The van der Waals surface area contributed by atoms with Crippen LogP contribution in [0.3, 0.4) is 0 Å². The molecule has 12 nitrogen and oxygen atoms in total. The first-order valence-electron chi connectivity index (χ1n) is 15.1. The van der Waals surface area contributed by atoms with Crippen LogP contribution in [-0.2, 0) is 16.0 Å². The van der Waals surface area contributed by atoms with Crippen LogP contribution in [0.25, 0.3) is 0 Å². The van der Waals surface area contributed by atoms with Gasteiger partial charge in [-0.25, -0.2) is 18.6 Å². The highest BCUT2D eigenvalue weighted by Gasteiger charge is 2.40. The molecule has 3 aliphatic rings. The summed E-state index contributed by atoms with van der Waals surface area (Å²) in [5.41, 5.74) is 6.18. The van der Waals surface area contributed by atoms with Crippen molar-refractivity contribution in [1.29, 1.82) is 0 Å². The Kier molecular flexibility index (Phi) is 9.56. The Morgan fingerprint density at radius 2 is 1.69 bits per heavy atom. The molecule has 0 spiro atoms. The van der Waals surface area contributed by atoms with Crippen molar-refractivity contribution in [3.8, 4) is 5.88 Å². The molecule has 3 aliphatic heterocycles. The summed E-state index contributed by atoms with van der Waals surface area (Å²) < 4.78 is 39.6. The lowest BCUT2D eigenvalue weighted by Crippen LogP contribution is -2.65. The molecule has 2 saturated heterocycles. The number of rotatable bonds is 7. The van der Waals surface area contributed by atoms with Crippen molar-refractivity contribution in [2.45, 2.75) is 64.3 Å². The van der Waals surface area contributed by atoms with Gasteiger partial charge in [0.25, 0.3) is 5.91 Å². The highest BCUT2D eigenvalue weighted by atomic mass is 19.1. The first-order chi connectivity index (χ1) is 21.3. The van der Waals surface area contributed by atoms with Gasteiger partial charge in [-0.05, 0) is 51.0 Å². The molecular formula is C31H40F2N6O6. The molecule has 0 saturated carbocycles. The van der Waals surface area contributed by atoms with Crippen LogP contribution < -0.4 is 15.4 Å². The van der Waals surface area contributed by atoms with Gasteiger partial charge >= 0.3 is 6.09 Å². The normalized spacial score (nSPS) is 25.9. The van der Waals surface area contributed by atoms with E-state index < -0.39 is 29.7 Å². The first kappa shape index (κ1) is 32.5. The lowest BCUT2D eigenvalue weighted by molar-refractivity contribution is -0.122. The number of morpholine rings is 1. The number of fused-ring (bicyclic) bond motifs is 1. The predicted molar refractivity (Wildman–Crippen MR) is 160 cm³/mol. The molecule has 0 unspecified atom stereocenters. The number of nitrogens with zero attached hydrogens (tertiary/aromatic N) is 5. The van der Waals surface area contributed by atoms with Gasteiger partial charge in [0.05, 0.1) is 25.8 Å². The third-order valence-electron chi connectivity index (χ3n) is 8.92. The summed E-state index contributed by atoms with van der Waals surface area (Å²) in [6, 6.07) is 3.97. The van der Waals surface area contributed by atoms with Crippen molar-refractivity contribution in [3.63, 3.8) is 0 Å². The topological polar surface area (TPSA) is 142 Å². The zero-order valence-electron chi connectivity index (χ0n) is 25.9. The number of carboxylic acid groups (broad SMARTS) is 1. The Balaban J connectivity index is 1.44. The van der Waals surface area contributed by atoms with Crippen LogP contribution in [0, 0.1) is 11.6 Å². The molecule has 4 heterocycles. The fourth-order valence-corrected chi connectivity index (χ4v) is 6.55. The minimum Gasteiger partial charge on any atom is -0.474 e. The third kappa shape index (κ3) is 6.87. The summed E-state index contributed by atoms with van der Waals surface area (Å²) in [7, 11) is 0. The van der Waals surface area contributed by atoms with Crippen LogP contribution in [0.1, 0.15) is 49.3 Å². The molecule has 2 fully saturated rings. The van der Waals surface area contributed by atoms with E-state index in [0.29, 0.717) is 32.0 Å². The van der Waals surface area contributed by atoms with Gasteiger partial charge in [-0.2, -0.15) is 0 Å². The molecule has 3 N–H and O–H groups in total. The number of anilines is 1. The van der Waals surface area contributed by atoms with E-state index in [4.69, 9.17) is 15.2 Å². The first-order valence-corrected chi connectivity index (χ1v) is 15.1. The number of ether oxygens (including phenoxy) is 2. The van der Waals surface area contributed by atoms with Gasteiger partial charge < -0.3 is 30.1 Å². The molecule has 0 bridgehead atoms. The van der Waals surface area contributed by atoms with Gasteiger partial charge in [-0.1, -0.05) is 6.07 Å². The summed E-state index contributed by atoms with van der Waals surface area (Å²) in [6.45, 7) is 10.2. The highest BCUT2D eigenvalue weighted by Crippen LogP contribution is 2.35. The summed E-state index contributed by atoms with van der Waals surface area (Å²) in [5.74, 6) is -2.58. The second-order valence-electron chi connectivity index (χ2n) is 12.3. The number of hydrogen-bond donors (Lipinski definition) is 2. The number of benzene rings is 1. The quantitative estimate of drug-likeness (QED) is 0.472. The highest BCUT2D eigenvalue weighted by molar-refractivity contribution is 5.99. The van der Waals surface area contributed by atoms with E-state index in [9.17, 15) is 28.3 Å². The third-order valence-corrected chi connectivity index (χ3v) is 8.92. The number of aromatic nitrogens is 1. The maximum atomic E-state index is 14.6. The Hall–Kier alpha value is -3.88. The van der Waals surface area contributed by atoms with Crippen LogP contribution in [0.15, 0.2) is 24.3 Å². The van der Waals surface area contributed by atoms with Gasteiger partial charge in [0.15, 0.2) is 0 Å². The summed E-state index contributed by atoms with van der Waals surface area (Å²) in [5, 5.41) is 9.88. The molecule has 2 aromatic rings. The second kappa shape index (κ2) is 13.2. The summed E-state index contributed by atoms with van der Waals surface area (Å²) in [4.78, 5) is 50.2. The molecule has 1 aromatic carbocycles. The number of halogens is 2. The molecule has 244 valence electrons. The van der Waals surface area contributed by atoms with E-state index in [1.54, 1.807) is 11.0 Å². The van der Waals surface area contributed by atoms with Gasteiger partial charge in [0.2, 0.25) is 11.8 Å². The van der Waals surface area contributed by atoms with Crippen molar-refractivity contribution in [3.05, 3.63) is 52.7 Å². The van der Waals surface area contributed by atoms with Crippen LogP contribution in [-0.4, -0.2) is 119 Å². The zero-order chi connectivity index (χ0) is 32.6. The smallest absolute Gasteiger partial charge is 0.407 e. The Morgan fingerprint density at radius 3 is 2.33 bits per heavy atom. The molecular weight excluding hydrogens is 590 g/mol. The standard InChI is InChI=1S/C31H40F2N6O6/c1-17-10-36(24(12-38(17)31(42)43)11-37-18(2)14-44-15-19(37)3)13-27(40)39-20(4)16-45-30-26(39)8-22(28(35-30)29(34)41)7-21-5-6-23(32)9-25(21)33/h5-6,8-9,17-20,24H,7,10-16H2,1-4H3,(H2,34,41)(H,42,43)/t17-,18-,19-,20+,24+/m1/s1. The van der Waals surface area contributed by atoms with Crippen LogP contribution in [0.2, 0.25) is 0 Å². The summed E-state index contributed by atoms with van der Waals surface area (Å²) in [6.07, 6.45) is -1.12. The zero-order valence-corrected chi connectivity index (χ0v) is 25.9. The Bertz CT molecular complexity index is 1450. The Labute approximate surface area is 260 Å². The van der Waals surface area contributed by atoms with Gasteiger partial charge in [-0.3, -0.25) is 19.4 Å². The lowest BCUT2D eigenvalue weighted by atomic mass is 10.0. The van der Waals surface area contributed by atoms with E-state index in [0.717, 1.165) is 12.1 Å². The number of nitrogens with two attached hydrogens (primary N) is 1. The van der Waals surface area contributed by atoms with Crippen molar-refractivity contribution < 1.29 is 37.7 Å². The van der Waals surface area contributed by atoms with E-state index in [-0.39, 0.29) is 78.9 Å². The molecule has 45 heavy (non-hydrogen) atoms. The molecule has 0 radical (unpaired) electrons. The number of hydrogen-bond acceptors (Lipinski definition) is 8. The number of piperazine rings is 1. The van der Waals surface area contributed by atoms with Crippen molar-refractivity contribution in [1.82, 2.24) is 19.7 Å². The molecule has 1 aromatic heterocycles. The SMILES string of the molecule is C[C@@H]1CN(CC(=O)N2c3cc(Cc4ccc(F)cc4F)c(C(N)=O)nc3OC[C@@H]2C)[C@@H](CN2[C@H](C)COC[C@H]2C)CN1C(=O)O.